The molecule has 2 aromatic rings. The van der Waals surface area contributed by atoms with Crippen LogP contribution in [-0.2, 0) is 12.8 Å². The Morgan fingerprint density at radius 1 is 1.00 bits per heavy atom. The molecule has 2 N–H and O–H groups in total. The van der Waals surface area contributed by atoms with Crippen LogP contribution in [0.4, 0.5) is 5.69 Å². The number of aromatic nitrogens is 2. The molecule has 0 amide bonds. The number of nitrogen functional groups attached to an aromatic ring is 1. The van der Waals surface area contributed by atoms with E-state index in [1.54, 1.807) is 0 Å². The fourth-order valence-electron chi connectivity index (χ4n) is 3.59. The van der Waals surface area contributed by atoms with E-state index < -0.39 is 0 Å². The van der Waals surface area contributed by atoms with E-state index in [2.05, 4.69) is 61.8 Å². The molecule has 0 saturated heterocycles. The third kappa shape index (κ3) is 4.37. The summed E-state index contributed by atoms with van der Waals surface area (Å²) < 4.78 is 0. The van der Waals surface area contributed by atoms with Crippen LogP contribution in [0.3, 0.4) is 0 Å². The van der Waals surface area contributed by atoms with E-state index in [0.717, 1.165) is 60.6 Å². The first-order valence-electron chi connectivity index (χ1n) is 9.38. The molecule has 0 saturated carbocycles. The van der Waals surface area contributed by atoms with Crippen molar-refractivity contribution in [3.63, 3.8) is 0 Å². The molecule has 2 rings (SSSR count). The Morgan fingerprint density at radius 2 is 1.64 bits per heavy atom. The molecule has 4 heteroatoms. The van der Waals surface area contributed by atoms with Gasteiger partial charge in [0, 0.05) is 23.1 Å². The quantitative estimate of drug-likeness (QED) is 0.776. The van der Waals surface area contributed by atoms with E-state index in [1.165, 1.54) is 0 Å². The van der Waals surface area contributed by atoms with Crippen LogP contribution in [0, 0.1) is 0 Å². The molecule has 0 atom stereocenters. The SMILES string of the molecule is CCCc1c(-c2ccccc2)nnc(CC(C)(C)N(CC)CC)c1N. The van der Waals surface area contributed by atoms with Crippen LogP contribution in [0.1, 0.15) is 52.3 Å². The van der Waals surface area contributed by atoms with Crippen LogP contribution >= 0.6 is 0 Å². The Kier molecular flexibility index (Phi) is 6.54. The minimum atomic E-state index is 0.00402. The fraction of sp³-hybridized carbons (Fsp3) is 0.524. The van der Waals surface area contributed by atoms with Crippen LogP contribution in [0.5, 0.6) is 0 Å². The Labute approximate surface area is 152 Å². The van der Waals surface area contributed by atoms with Gasteiger partial charge in [-0.2, -0.15) is 5.10 Å². The van der Waals surface area contributed by atoms with Crippen LogP contribution in [0.25, 0.3) is 11.3 Å². The van der Waals surface area contributed by atoms with E-state index in [-0.39, 0.29) is 5.54 Å². The van der Waals surface area contributed by atoms with Gasteiger partial charge >= 0.3 is 0 Å². The lowest BCUT2D eigenvalue weighted by molar-refractivity contribution is 0.134. The highest BCUT2D eigenvalue weighted by atomic mass is 15.2. The number of nitrogens with two attached hydrogens (primary N) is 1. The van der Waals surface area contributed by atoms with Crippen LogP contribution < -0.4 is 5.73 Å². The average molecular weight is 341 g/mol. The third-order valence-electron chi connectivity index (χ3n) is 4.96. The van der Waals surface area contributed by atoms with Crippen molar-refractivity contribution in [2.24, 2.45) is 0 Å². The van der Waals surface area contributed by atoms with Crippen LogP contribution in [0.15, 0.2) is 30.3 Å². The van der Waals surface area contributed by atoms with Crippen LogP contribution in [0.2, 0.25) is 0 Å². The van der Waals surface area contributed by atoms with Gasteiger partial charge < -0.3 is 5.73 Å². The molecule has 1 aromatic heterocycles. The van der Waals surface area contributed by atoms with Gasteiger partial charge in [-0.25, -0.2) is 0 Å². The van der Waals surface area contributed by atoms with Gasteiger partial charge in [-0.05, 0) is 33.4 Å². The van der Waals surface area contributed by atoms with Crippen molar-refractivity contribution < 1.29 is 0 Å². The van der Waals surface area contributed by atoms with E-state index in [0.29, 0.717) is 0 Å². The summed E-state index contributed by atoms with van der Waals surface area (Å²) in [5.41, 5.74) is 11.5. The second kappa shape index (κ2) is 8.43. The predicted octanol–water partition coefficient (Wildman–Crippen LogP) is 4.34. The third-order valence-corrected chi connectivity index (χ3v) is 4.96. The second-order valence-corrected chi connectivity index (χ2v) is 7.17. The van der Waals surface area contributed by atoms with Crippen molar-refractivity contribution in [2.75, 3.05) is 18.8 Å². The molecule has 1 heterocycles. The average Bonchev–Trinajstić information content (AvgIpc) is 2.60. The number of likely N-dealkylation sites (N-methyl/N-ethyl adjacent to an activating group) is 1. The first-order chi connectivity index (χ1) is 11.9. The molecule has 0 aliphatic heterocycles. The highest BCUT2D eigenvalue weighted by molar-refractivity contribution is 5.70. The van der Waals surface area contributed by atoms with Crippen molar-refractivity contribution in [3.05, 3.63) is 41.6 Å². The summed E-state index contributed by atoms with van der Waals surface area (Å²) in [5, 5.41) is 9.11. The lowest BCUT2D eigenvalue weighted by atomic mass is 9.92. The van der Waals surface area contributed by atoms with Gasteiger partial charge in [0.05, 0.1) is 17.1 Å². The van der Waals surface area contributed by atoms with Crippen molar-refractivity contribution in [1.82, 2.24) is 15.1 Å². The highest BCUT2D eigenvalue weighted by Crippen LogP contribution is 2.30. The summed E-state index contributed by atoms with van der Waals surface area (Å²) in [6.07, 6.45) is 2.76. The zero-order valence-electron chi connectivity index (χ0n) is 16.3. The molecule has 1 aromatic carbocycles. The Morgan fingerprint density at radius 3 is 2.20 bits per heavy atom. The summed E-state index contributed by atoms with van der Waals surface area (Å²) in [7, 11) is 0. The molecule has 4 nitrogen and oxygen atoms in total. The number of benzene rings is 1. The monoisotopic (exact) mass is 340 g/mol. The molecule has 136 valence electrons. The van der Waals surface area contributed by atoms with Crippen molar-refractivity contribution in [2.45, 2.75) is 59.4 Å². The van der Waals surface area contributed by atoms with Gasteiger partial charge in [-0.15, -0.1) is 5.10 Å². The second-order valence-electron chi connectivity index (χ2n) is 7.17. The van der Waals surface area contributed by atoms with Gasteiger partial charge in [0.1, 0.15) is 0 Å². The zero-order chi connectivity index (χ0) is 18.4. The summed E-state index contributed by atoms with van der Waals surface area (Å²) in [5.74, 6) is 0. The highest BCUT2D eigenvalue weighted by Gasteiger charge is 2.27. The minimum absolute atomic E-state index is 0.00402. The Hall–Kier alpha value is -1.94. The maximum Gasteiger partial charge on any atom is 0.0982 e. The predicted molar refractivity (Wildman–Crippen MR) is 107 cm³/mol. The van der Waals surface area contributed by atoms with Gasteiger partial charge in [0.2, 0.25) is 0 Å². The van der Waals surface area contributed by atoms with E-state index >= 15 is 0 Å². The molecule has 0 aliphatic carbocycles. The van der Waals surface area contributed by atoms with E-state index in [9.17, 15) is 0 Å². The summed E-state index contributed by atoms with van der Waals surface area (Å²) >= 11 is 0. The largest absolute Gasteiger partial charge is 0.397 e. The van der Waals surface area contributed by atoms with Gasteiger partial charge in [0.15, 0.2) is 0 Å². The molecule has 0 spiro atoms. The Bertz CT molecular complexity index is 676. The lowest BCUT2D eigenvalue weighted by Crippen LogP contribution is -2.45. The van der Waals surface area contributed by atoms with E-state index in [1.807, 2.05) is 18.2 Å². The minimum Gasteiger partial charge on any atom is -0.397 e. The smallest absolute Gasteiger partial charge is 0.0982 e. The van der Waals surface area contributed by atoms with Gasteiger partial charge in [0.25, 0.3) is 0 Å². The van der Waals surface area contributed by atoms with E-state index in [4.69, 9.17) is 5.73 Å². The molecule has 0 unspecified atom stereocenters. The fourth-order valence-corrected chi connectivity index (χ4v) is 3.59. The number of hydrogen-bond acceptors (Lipinski definition) is 4. The molecule has 0 radical (unpaired) electrons. The molecule has 25 heavy (non-hydrogen) atoms. The topological polar surface area (TPSA) is 55.0 Å². The molecule has 0 aliphatic rings. The molecular formula is C21H32N4. The Balaban J connectivity index is 2.43. The van der Waals surface area contributed by atoms with Crippen molar-refractivity contribution >= 4 is 5.69 Å². The number of anilines is 1. The van der Waals surface area contributed by atoms with Crippen LogP contribution in [-0.4, -0.2) is 33.7 Å². The maximum absolute atomic E-state index is 6.58. The molecule has 0 bridgehead atoms. The normalized spacial score (nSPS) is 11.9. The number of nitrogens with zero attached hydrogens (tertiary/aromatic N) is 3. The van der Waals surface area contributed by atoms with Gasteiger partial charge in [-0.1, -0.05) is 57.5 Å². The lowest BCUT2D eigenvalue weighted by Gasteiger charge is -2.37. The zero-order valence-corrected chi connectivity index (χ0v) is 16.3. The molecular weight excluding hydrogens is 308 g/mol. The standard InChI is InChI=1S/C21H32N4/c1-6-12-17-19(22)18(15-21(4,5)25(7-2)8-3)23-24-20(17)16-13-10-9-11-14-16/h9-11,13-14H,6-8,12,15H2,1-5H3,(H2,22,24). The summed E-state index contributed by atoms with van der Waals surface area (Å²) in [6.45, 7) is 13.1. The first-order valence-corrected chi connectivity index (χ1v) is 9.38. The summed E-state index contributed by atoms with van der Waals surface area (Å²) in [6, 6.07) is 10.2. The number of hydrogen-bond donors (Lipinski definition) is 1. The summed E-state index contributed by atoms with van der Waals surface area (Å²) in [4.78, 5) is 2.44. The first kappa shape index (κ1) is 19.4. The molecule has 0 fully saturated rings. The van der Waals surface area contributed by atoms with Crippen molar-refractivity contribution in [1.29, 1.82) is 0 Å². The number of rotatable bonds is 8. The van der Waals surface area contributed by atoms with Crippen molar-refractivity contribution in [3.8, 4) is 11.3 Å². The van der Waals surface area contributed by atoms with Gasteiger partial charge in [-0.3, -0.25) is 4.90 Å². The maximum atomic E-state index is 6.58.